The highest BCUT2D eigenvalue weighted by Gasteiger charge is 2.41. The van der Waals surface area contributed by atoms with Crippen LogP contribution in [0, 0.1) is 18.7 Å². The number of aromatic nitrogens is 4. The van der Waals surface area contributed by atoms with Crippen molar-refractivity contribution < 1.29 is 31.8 Å². The molecule has 6 heterocycles. The monoisotopic (exact) mass is 702 g/mol. The SMILES string of the molecule is Cc1cc(N)nc(-c2c(Cl)c3c4c(nc(OC[C@@H]5CCN6COCCCC56)nc4c2F)N([C@H](C)c2cccnc2N)CCO3)c1C(F)(F)F. The Balaban J connectivity index is 1.41. The van der Waals surface area contributed by atoms with Crippen molar-refractivity contribution in [3.63, 3.8) is 0 Å². The number of hydrogen-bond donors (Lipinski definition) is 2. The maximum absolute atomic E-state index is 17.0. The van der Waals surface area contributed by atoms with E-state index in [1.807, 2.05) is 17.9 Å². The number of fused-ring (bicyclic) bond motifs is 1. The summed E-state index contributed by atoms with van der Waals surface area (Å²) < 4.78 is 78.4. The van der Waals surface area contributed by atoms with E-state index in [1.165, 1.54) is 6.92 Å². The molecule has 1 aromatic carbocycles. The molecule has 260 valence electrons. The van der Waals surface area contributed by atoms with E-state index in [-0.39, 0.29) is 71.6 Å². The van der Waals surface area contributed by atoms with Crippen molar-refractivity contribution in [2.75, 3.05) is 56.0 Å². The Morgan fingerprint density at radius 3 is 2.73 bits per heavy atom. The zero-order valence-electron chi connectivity index (χ0n) is 26.9. The molecule has 4 N–H and O–H groups in total. The molecule has 0 amide bonds. The first-order valence-corrected chi connectivity index (χ1v) is 16.4. The van der Waals surface area contributed by atoms with Crippen molar-refractivity contribution in [2.24, 2.45) is 5.92 Å². The predicted molar refractivity (Wildman–Crippen MR) is 176 cm³/mol. The second-order valence-corrected chi connectivity index (χ2v) is 13.0. The molecule has 16 heteroatoms. The smallest absolute Gasteiger partial charge is 0.418 e. The standard InChI is InChI=1S/C33H35ClF4N8O3/c1-16-13-21(39)42-27(24(16)33(36,37)38)22-25(34)29-23-28(26(22)35)43-32(49-14-18-7-9-45-15-47-11-4-6-20(18)45)44-31(23)46(10-12-48-29)17(2)19-5-3-8-41-30(19)40/h3,5,8,13,17-18,20H,4,6-7,9-12,14-15H2,1-2H3,(H2,39,42)(H2,40,41)/t17-,18+,20?/m1/s1. The molecular weight excluding hydrogens is 668 g/mol. The number of nitrogens with two attached hydrogens (primary N) is 2. The molecule has 3 aromatic heterocycles. The second kappa shape index (κ2) is 12.9. The van der Waals surface area contributed by atoms with Crippen LogP contribution < -0.4 is 25.8 Å². The van der Waals surface area contributed by atoms with E-state index in [4.69, 9.17) is 42.3 Å². The van der Waals surface area contributed by atoms with Gasteiger partial charge in [-0.3, -0.25) is 4.90 Å². The molecule has 7 rings (SSSR count). The summed E-state index contributed by atoms with van der Waals surface area (Å²) in [4.78, 5) is 21.5. The van der Waals surface area contributed by atoms with E-state index in [0.717, 1.165) is 31.9 Å². The number of hydrogen-bond acceptors (Lipinski definition) is 11. The van der Waals surface area contributed by atoms with Crippen LogP contribution in [0.1, 0.15) is 48.9 Å². The average molecular weight is 703 g/mol. The van der Waals surface area contributed by atoms with Crippen LogP contribution >= 0.6 is 11.6 Å². The Morgan fingerprint density at radius 2 is 1.96 bits per heavy atom. The Bertz CT molecular complexity index is 1920. The van der Waals surface area contributed by atoms with Gasteiger partial charge in [0.15, 0.2) is 11.6 Å². The Hall–Kier alpha value is -4.21. The average Bonchev–Trinajstić information content (AvgIpc) is 3.18. The van der Waals surface area contributed by atoms with Gasteiger partial charge in [0.1, 0.15) is 29.6 Å². The molecule has 1 unspecified atom stereocenters. The van der Waals surface area contributed by atoms with E-state index in [0.29, 0.717) is 24.7 Å². The fraction of sp³-hybridized carbons (Fsp3) is 0.455. The van der Waals surface area contributed by atoms with Crippen molar-refractivity contribution in [3.05, 3.63) is 51.9 Å². The molecule has 0 saturated carbocycles. The van der Waals surface area contributed by atoms with Crippen LogP contribution in [0.25, 0.3) is 22.2 Å². The molecule has 3 atom stereocenters. The molecule has 2 fully saturated rings. The van der Waals surface area contributed by atoms with E-state index in [1.54, 1.807) is 12.3 Å². The summed E-state index contributed by atoms with van der Waals surface area (Å²) in [5.74, 6) is -0.806. The normalized spacial score (nSPS) is 20.4. The highest BCUT2D eigenvalue weighted by Crippen LogP contribution is 2.51. The number of alkyl halides is 3. The Kier molecular flexibility index (Phi) is 8.78. The highest BCUT2D eigenvalue weighted by atomic mass is 35.5. The van der Waals surface area contributed by atoms with Crippen LogP contribution in [-0.4, -0.2) is 70.5 Å². The molecule has 3 aliphatic rings. The summed E-state index contributed by atoms with van der Waals surface area (Å²) in [5.41, 5.74) is 9.67. The van der Waals surface area contributed by atoms with Gasteiger partial charge in [-0.15, -0.1) is 0 Å². The number of nitrogen functional groups attached to an aromatic ring is 2. The van der Waals surface area contributed by atoms with E-state index < -0.39 is 39.9 Å². The lowest BCUT2D eigenvalue weighted by molar-refractivity contribution is -0.137. The molecule has 0 bridgehead atoms. The zero-order chi connectivity index (χ0) is 34.6. The van der Waals surface area contributed by atoms with Gasteiger partial charge in [0, 0.05) is 36.9 Å². The Labute approximate surface area is 284 Å². The van der Waals surface area contributed by atoms with Gasteiger partial charge in [-0.2, -0.15) is 23.1 Å². The maximum Gasteiger partial charge on any atom is 0.418 e. The van der Waals surface area contributed by atoms with Crippen LogP contribution in [0.2, 0.25) is 5.02 Å². The van der Waals surface area contributed by atoms with Crippen LogP contribution in [0.4, 0.5) is 35.0 Å². The summed E-state index contributed by atoms with van der Waals surface area (Å²) in [5, 5.41) is -0.337. The van der Waals surface area contributed by atoms with Crippen molar-refractivity contribution >= 4 is 40.0 Å². The van der Waals surface area contributed by atoms with Gasteiger partial charge in [0.05, 0.1) is 53.2 Å². The lowest BCUT2D eigenvalue weighted by Crippen LogP contribution is -2.34. The first kappa shape index (κ1) is 33.3. The second-order valence-electron chi connectivity index (χ2n) is 12.6. The minimum Gasteiger partial charge on any atom is -0.489 e. The van der Waals surface area contributed by atoms with Gasteiger partial charge in [-0.1, -0.05) is 17.7 Å². The van der Waals surface area contributed by atoms with Crippen LogP contribution in [-0.2, 0) is 10.9 Å². The largest absolute Gasteiger partial charge is 0.489 e. The van der Waals surface area contributed by atoms with E-state index >= 15 is 4.39 Å². The number of ether oxygens (including phenoxy) is 3. The van der Waals surface area contributed by atoms with Crippen molar-refractivity contribution in [2.45, 2.75) is 51.4 Å². The number of rotatable bonds is 6. The summed E-state index contributed by atoms with van der Waals surface area (Å²) in [7, 11) is 0. The topological polar surface area (TPSA) is 138 Å². The molecular formula is C33H35ClF4N8O3. The summed E-state index contributed by atoms with van der Waals surface area (Å²) >= 11 is 6.80. The molecule has 4 aromatic rings. The third kappa shape index (κ3) is 6.01. The predicted octanol–water partition coefficient (Wildman–Crippen LogP) is 6.17. The van der Waals surface area contributed by atoms with Gasteiger partial charge in [0.25, 0.3) is 0 Å². The number of aryl methyl sites for hydroxylation is 1. The molecule has 2 saturated heterocycles. The lowest BCUT2D eigenvalue weighted by Gasteiger charge is -2.30. The number of anilines is 3. The van der Waals surface area contributed by atoms with Crippen molar-refractivity contribution in [1.82, 2.24) is 24.8 Å². The van der Waals surface area contributed by atoms with Gasteiger partial charge in [0.2, 0.25) is 0 Å². The number of halogens is 5. The van der Waals surface area contributed by atoms with Crippen LogP contribution in [0.5, 0.6) is 11.8 Å². The molecule has 11 nitrogen and oxygen atoms in total. The quantitative estimate of drug-likeness (QED) is 0.223. The first-order valence-electron chi connectivity index (χ1n) is 16.1. The minimum atomic E-state index is -4.90. The third-order valence-corrected chi connectivity index (χ3v) is 9.97. The molecule has 3 aliphatic heterocycles. The molecule has 0 radical (unpaired) electrons. The van der Waals surface area contributed by atoms with Crippen LogP contribution in [0.3, 0.4) is 0 Å². The summed E-state index contributed by atoms with van der Waals surface area (Å²) in [6.45, 7) is 5.71. The number of pyridine rings is 2. The number of nitrogens with zero attached hydrogens (tertiary/aromatic N) is 6. The van der Waals surface area contributed by atoms with Gasteiger partial charge >= 0.3 is 12.2 Å². The maximum atomic E-state index is 17.0. The van der Waals surface area contributed by atoms with E-state index in [2.05, 4.69) is 19.9 Å². The first-order chi connectivity index (χ1) is 23.4. The lowest BCUT2D eigenvalue weighted by atomic mass is 9.97. The Morgan fingerprint density at radius 1 is 1.14 bits per heavy atom. The highest BCUT2D eigenvalue weighted by molar-refractivity contribution is 6.36. The molecule has 49 heavy (non-hydrogen) atoms. The zero-order valence-corrected chi connectivity index (χ0v) is 27.6. The summed E-state index contributed by atoms with van der Waals surface area (Å²) in [6.07, 6.45) is -0.595. The van der Waals surface area contributed by atoms with E-state index in [9.17, 15) is 13.2 Å². The fourth-order valence-electron chi connectivity index (χ4n) is 7.29. The van der Waals surface area contributed by atoms with Crippen LogP contribution in [0.15, 0.2) is 24.4 Å². The number of benzene rings is 1. The van der Waals surface area contributed by atoms with Gasteiger partial charge < -0.3 is 30.6 Å². The van der Waals surface area contributed by atoms with Crippen molar-refractivity contribution in [1.29, 1.82) is 0 Å². The minimum absolute atomic E-state index is 0.0219. The molecule has 0 aliphatic carbocycles. The van der Waals surface area contributed by atoms with Gasteiger partial charge in [-0.05, 0) is 50.8 Å². The summed E-state index contributed by atoms with van der Waals surface area (Å²) in [6, 6.07) is 4.30. The third-order valence-electron chi connectivity index (χ3n) is 9.61. The molecule has 0 spiro atoms. The van der Waals surface area contributed by atoms with Gasteiger partial charge in [-0.25, -0.2) is 14.4 Å². The fourth-order valence-corrected chi connectivity index (χ4v) is 7.61. The van der Waals surface area contributed by atoms with Crippen molar-refractivity contribution in [3.8, 4) is 23.0 Å².